The first-order valence-electron chi connectivity index (χ1n) is 11.1. The summed E-state index contributed by atoms with van der Waals surface area (Å²) < 4.78 is 0. The molecule has 0 spiro atoms. The lowest BCUT2D eigenvalue weighted by atomic mass is 10.1. The molecule has 0 aliphatic rings. The van der Waals surface area contributed by atoms with Gasteiger partial charge in [-0.3, -0.25) is 4.90 Å². The molecule has 31 heavy (non-hydrogen) atoms. The number of carbonyl (C=O) groups is 2. The van der Waals surface area contributed by atoms with Crippen LogP contribution in [-0.2, 0) is 0 Å². The van der Waals surface area contributed by atoms with Crippen LogP contribution < -0.4 is 26.6 Å². The van der Waals surface area contributed by atoms with Crippen molar-refractivity contribution in [3.05, 3.63) is 54.1 Å². The molecule has 0 aliphatic carbocycles. The Hall–Kier alpha value is -3.06. The highest BCUT2D eigenvalue weighted by Gasteiger charge is 2.20. The number of anilines is 3. The normalized spacial score (nSPS) is 10.4. The lowest BCUT2D eigenvalue weighted by Gasteiger charge is -2.26. The van der Waals surface area contributed by atoms with Gasteiger partial charge in [-0.25, -0.2) is 9.59 Å². The zero-order valence-electron chi connectivity index (χ0n) is 18.6. The predicted octanol–water partition coefficient (Wildman–Crippen LogP) is 5.24. The highest BCUT2D eigenvalue weighted by atomic mass is 16.2. The second-order valence-corrected chi connectivity index (χ2v) is 7.46. The van der Waals surface area contributed by atoms with Gasteiger partial charge in [-0.2, -0.15) is 0 Å². The number of nitrogens with one attached hydrogen (secondary N) is 3. The van der Waals surface area contributed by atoms with Crippen molar-refractivity contribution < 1.29 is 9.59 Å². The van der Waals surface area contributed by atoms with Crippen molar-refractivity contribution in [2.45, 2.75) is 52.4 Å². The first-order chi connectivity index (χ1) is 15.1. The molecule has 4 amide bonds. The van der Waals surface area contributed by atoms with E-state index >= 15 is 0 Å². The molecule has 2 aromatic rings. The van der Waals surface area contributed by atoms with Gasteiger partial charge in [0.05, 0.1) is 18.0 Å². The van der Waals surface area contributed by atoms with Gasteiger partial charge in [0.2, 0.25) is 0 Å². The Morgan fingerprint density at radius 3 is 2.32 bits per heavy atom. The minimum Gasteiger partial charge on any atom is -0.338 e. The number of para-hydroxylation sites is 1. The average Bonchev–Trinajstić information content (AvgIpc) is 2.77. The van der Waals surface area contributed by atoms with Crippen LogP contribution in [0.15, 0.2) is 48.5 Å². The number of nitrogens with two attached hydrogens (primary N) is 1. The van der Waals surface area contributed by atoms with Crippen molar-refractivity contribution >= 4 is 29.1 Å². The minimum absolute atomic E-state index is 0.0278. The van der Waals surface area contributed by atoms with Gasteiger partial charge >= 0.3 is 12.1 Å². The van der Waals surface area contributed by atoms with Crippen LogP contribution >= 0.6 is 0 Å². The van der Waals surface area contributed by atoms with Crippen molar-refractivity contribution in [2.24, 2.45) is 5.73 Å². The van der Waals surface area contributed by atoms with E-state index in [1.54, 1.807) is 4.90 Å². The Kier molecular flexibility index (Phi) is 10.4. The fraction of sp³-hybridized carbons (Fsp3) is 0.417. The second kappa shape index (κ2) is 13.3. The van der Waals surface area contributed by atoms with E-state index < -0.39 is 0 Å². The molecule has 2 rings (SSSR count). The van der Waals surface area contributed by atoms with Gasteiger partial charge in [0, 0.05) is 12.2 Å². The Morgan fingerprint density at radius 1 is 0.903 bits per heavy atom. The Labute approximate surface area is 185 Å². The molecule has 2 aromatic carbocycles. The van der Waals surface area contributed by atoms with Crippen LogP contribution in [0.1, 0.15) is 51.0 Å². The summed E-state index contributed by atoms with van der Waals surface area (Å²) in [6.07, 6.45) is 7.05. The van der Waals surface area contributed by atoms with Crippen LogP contribution in [0.3, 0.4) is 0 Å². The maximum Gasteiger partial charge on any atom is 0.327 e. The summed E-state index contributed by atoms with van der Waals surface area (Å²) in [6, 6.07) is 14.2. The average molecular weight is 426 g/mol. The third-order valence-corrected chi connectivity index (χ3v) is 5.08. The Bertz CT molecular complexity index is 826. The third-order valence-electron chi connectivity index (χ3n) is 5.08. The van der Waals surface area contributed by atoms with E-state index in [-0.39, 0.29) is 18.7 Å². The van der Waals surface area contributed by atoms with Crippen LogP contribution in [0.5, 0.6) is 0 Å². The fourth-order valence-electron chi connectivity index (χ4n) is 3.38. The Balaban J connectivity index is 2.05. The van der Waals surface area contributed by atoms with Crippen LogP contribution in [-0.4, -0.2) is 25.3 Å². The maximum absolute atomic E-state index is 12.7. The number of amides is 4. The van der Waals surface area contributed by atoms with E-state index in [0.29, 0.717) is 23.6 Å². The van der Waals surface area contributed by atoms with Crippen molar-refractivity contribution in [1.82, 2.24) is 10.6 Å². The highest BCUT2D eigenvalue weighted by molar-refractivity contribution is 6.01. The van der Waals surface area contributed by atoms with Crippen LogP contribution in [0, 0.1) is 6.92 Å². The van der Waals surface area contributed by atoms with E-state index in [9.17, 15) is 9.59 Å². The molecular weight excluding hydrogens is 390 g/mol. The summed E-state index contributed by atoms with van der Waals surface area (Å²) in [5.41, 5.74) is 8.34. The number of unbranched alkanes of at least 4 members (excludes halogenated alkanes) is 5. The molecular formula is C24H35N5O2. The van der Waals surface area contributed by atoms with Gasteiger partial charge in [0.15, 0.2) is 0 Å². The highest BCUT2D eigenvalue weighted by Crippen LogP contribution is 2.32. The van der Waals surface area contributed by atoms with E-state index in [0.717, 1.165) is 18.4 Å². The minimum atomic E-state index is -0.332. The first-order valence-corrected chi connectivity index (χ1v) is 11.1. The zero-order valence-corrected chi connectivity index (χ0v) is 18.6. The third kappa shape index (κ3) is 7.61. The number of hydrogen-bond acceptors (Lipinski definition) is 3. The number of nitrogens with zero attached hydrogens (tertiary/aromatic N) is 1. The fourth-order valence-corrected chi connectivity index (χ4v) is 3.38. The van der Waals surface area contributed by atoms with Crippen LogP contribution in [0.2, 0.25) is 0 Å². The number of rotatable bonds is 11. The van der Waals surface area contributed by atoms with Gasteiger partial charge in [-0.05, 0) is 43.2 Å². The maximum atomic E-state index is 12.7. The standard InChI is InChI=1S/C24H35N5O2/c1-3-4-5-6-7-11-17-26-23(30)28-21-15-12-16-22(19(21)2)29(24(31)27-18-25)20-13-9-8-10-14-20/h8-10,12-16H,3-7,11,17-18,25H2,1-2H3,(H,27,31)(H2,26,28,30). The molecule has 0 unspecified atom stereocenters. The van der Waals surface area contributed by atoms with Crippen molar-refractivity contribution in [2.75, 3.05) is 23.4 Å². The van der Waals surface area contributed by atoms with Crippen molar-refractivity contribution in [3.63, 3.8) is 0 Å². The second-order valence-electron chi connectivity index (χ2n) is 7.46. The van der Waals surface area contributed by atoms with E-state index in [1.165, 1.54) is 25.7 Å². The largest absolute Gasteiger partial charge is 0.338 e. The SMILES string of the molecule is CCCCCCCCNC(=O)Nc1cccc(N(C(=O)NCN)c2ccccc2)c1C. The van der Waals surface area contributed by atoms with Gasteiger partial charge in [0.1, 0.15) is 0 Å². The number of urea groups is 2. The lowest BCUT2D eigenvalue weighted by molar-refractivity contribution is 0.248. The molecule has 7 heteroatoms. The number of benzene rings is 2. The van der Waals surface area contributed by atoms with E-state index in [2.05, 4.69) is 22.9 Å². The summed E-state index contributed by atoms with van der Waals surface area (Å²) in [7, 11) is 0. The van der Waals surface area contributed by atoms with Gasteiger partial charge in [0.25, 0.3) is 0 Å². The monoisotopic (exact) mass is 425 g/mol. The molecule has 0 bridgehead atoms. The summed E-state index contributed by atoms with van der Waals surface area (Å²) in [5.74, 6) is 0. The molecule has 0 aliphatic heterocycles. The van der Waals surface area contributed by atoms with Crippen LogP contribution in [0.25, 0.3) is 0 Å². The topological polar surface area (TPSA) is 99.5 Å². The molecule has 168 valence electrons. The quantitative estimate of drug-likeness (QED) is 0.292. The molecule has 0 atom stereocenters. The molecule has 0 radical (unpaired) electrons. The first kappa shape index (κ1) is 24.2. The van der Waals surface area contributed by atoms with E-state index in [4.69, 9.17) is 5.73 Å². The zero-order chi connectivity index (χ0) is 22.5. The molecule has 0 heterocycles. The van der Waals surface area contributed by atoms with Crippen LogP contribution in [0.4, 0.5) is 26.7 Å². The predicted molar refractivity (Wildman–Crippen MR) is 128 cm³/mol. The van der Waals surface area contributed by atoms with Crippen molar-refractivity contribution in [3.8, 4) is 0 Å². The summed E-state index contributed by atoms with van der Waals surface area (Å²) >= 11 is 0. The molecule has 0 saturated heterocycles. The summed E-state index contributed by atoms with van der Waals surface area (Å²) in [4.78, 5) is 26.6. The molecule has 0 fully saturated rings. The van der Waals surface area contributed by atoms with E-state index in [1.807, 2.05) is 55.5 Å². The molecule has 0 saturated carbocycles. The number of carbonyl (C=O) groups excluding carboxylic acids is 2. The molecule has 7 nitrogen and oxygen atoms in total. The Morgan fingerprint density at radius 2 is 1.61 bits per heavy atom. The van der Waals surface area contributed by atoms with Gasteiger partial charge in [-0.15, -0.1) is 0 Å². The summed E-state index contributed by atoms with van der Waals surface area (Å²) in [6.45, 7) is 4.75. The smallest absolute Gasteiger partial charge is 0.327 e. The van der Waals surface area contributed by atoms with Gasteiger partial charge < -0.3 is 21.7 Å². The lowest BCUT2D eigenvalue weighted by Crippen LogP contribution is -2.40. The number of hydrogen-bond donors (Lipinski definition) is 4. The molecule has 5 N–H and O–H groups in total. The summed E-state index contributed by atoms with van der Waals surface area (Å²) in [5, 5.41) is 8.47. The van der Waals surface area contributed by atoms with Crippen molar-refractivity contribution in [1.29, 1.82) is 0 Å². The van der Waals surface area contributed by atoms with Gasteiger partial charge in [-0.1, -0.05) is 63.3 Å². The molecule has 0 aromatic heterocycles.